The monoisotopic (exact) mass is 824 g/mol. The molecule has 55 heavy (non-hydrogen) atoms. The van der Waals surface area contributed by atoms with E-state index in [2.05, 4.69) is 30.1 Å². The van der Waals surface area contributed by atoms with Crippen molar-refractivity contribution in [3.63, 3.8) is 0 Å². The molecule has 2 atom stereocenters. The number of carbonyl (C=O) groups is 4. The molecule has 3 N–H and O–H groups in total. The number of hydrogen-bond donors (Lipinski definition) is 3. The van der Waals surface area contributed by atoms with Crippen molar-refractivity contribution in [3.05, 3.63) is 73.1 Å². The standard InChI is InChI=1S/2C19H24N2O4.CH4O.ClH.2H2S/c2*1-3-14(7-6-10-18(22)24-2)13-25-19(23)21-17-11-15-8-4-5-9-16(15)12-20-17;1-2;;;/h2*4-5,8-9,11-12,14H,3,6-7,10,13H2,1-2H3,(H,20,21,23);2H,1H3;1H;2*1H2/t2*14-;;;;/m00..../s1. The number of esters is 2. The molecule has 4 aromatic rings. The Kier molecular flexibility index (Phi) is 29.7. The van der Waals surface area contributed by atoms with Gasteiger partial charge in [0.15, 0.2) is 0 Å². The van der Waals surface area contributed by atoms with Crippen LogP contribution in [0.3, 0.4) is 0 Å². The number of nitrogens with one attached hydrogen (secondary N) is 2. The summed E-state index contributed by atoms with van der Waals surface area (Å²) in [6.07, 6.45) is 8.00. The number of aliphatic hydroxyl groups is 1. The zero-order chi connectivity index (χ0) is 38.1. The SMILES string of the molecule is CC[C@@H](CCCC(=O)OC)COC(=O)Nc1cc2ccccc2cn1.CC[C@@H](CCCC(=O)OC)COC(=O)Nc1cc2ccccc2cn1.CO.Cl.S.S. The van der Waals surface area contributed by atoms with Gasteiger partial charge in [0.05, 0.1) is 27.4 Å². The van der Waals surface area contributed by atoms with Crippen LogP contribution >= 0.6 is 39.4 Å². The van der Waals surface area contributed by atoms with Crippen molar-refractivity contribution in [3.8, 4) is 0 Å². The number of methoxy groups -OCH3 is 2. The molecule has 2 aromatic carbocycles. The highest BCUT2D eigenvalue weighted by Crippen LogP contribution is 2.19. The Morgan fingerprint density at radius 3 is 1.31 bits per heavy atom. The smallest absolute Gasteiger partial charge is 0.412 e. The second-order valence-electron chi connectivity index (χ2n) is 11.8. The predicted molar refractivity (Wildman–Crippen MR) is 229 cm³/mol. The number of hydrogen-bond acceptors (Lipinski definition) is 11. The van der Waals surface area contributed by atoms with E-state index in [1.54, 1.807) is 12.4 Å². The molecule has 4 rings (SSSR count). The molecule has 0 bridgehead atoms. The second kappa shape index (κ2) is 31.0. The fourth-order valence-corrected chi connectivity index (χ4v) is 5.06. The van der Waals surface area contributed by atoms with Crippen LogP contribution in [0.15, 0.2) is 73.1 Å². The van der Waals surface area contributed by atoms with Gasteiger partial charge in [0.25, 0.3) is 0 Å². The highest BCUT2D eigenvalue weighted by atomic mass is 35.5. The molecule has 2 aromatic heterocycles. The topological polar surface area (TPSA) is 175 Å². The van der Waals surface area contributed by atoms with Crippen molar-refractivity contribution >= 4 is 96.7 Å². The van der Waals surface area contributed by atoms with E-state index < -0.39 is 12.2 Å². The summed E-state index contributed by atoms with van der Waals surface area (Å²) in [4.78, 5) is 54.6. The Morgan fingerprint density at radius 1 is 0.636 bits per heavy atom. The summed E-state index contributed by atoms with van der Waals surface area (Å²) in [5.41, 5.74) is 0. The van der Waals surface area contributed by atoms with E-state index in [-0.39, 0.29) is 63.2 Å². The van der Waals surface area contributed by atoms with Crippen molar-refractivity contribution < 1.29 is 43.2 Å². The molecular formula is C39H57ClN4O9S2. The van der Waals surface area contributed by atoms with Crippen LogP contribution in [0.5, 0.6) is 0 Å². The van der Waals surface area contributed by atoms with Crippen LogP contribution in [-0.2, 0) is 28.5 Å². The third kappa shape index (κ3) is 20.8. The van der Waals surface area contributed by atoms with Crippen LogP contribution in [0.1, 0.15) is 65.2 Å². The van der Waals surface area contributed by atoms with E-state index in [1.807, 2.05) is 74.5 Å². The van der Waals surface area contributed by atoms with Gasteiger partial charge in [0, 0.05) is 43.1 Å². The predicted octanol–water partition coefficient (Wildman–Crippen LogP) is 8.56. The third-order valence-electron chi connectivity index (χ3n) is 8.22. The summed E-state index contributed by atoms with van der Waals surface area (Å²) in [7, 11) is 3.77. The number of fused-ring (bicyclic) bond motifs is 2. The summed E-state index contributed by atoms with van der Waals surface area (Å²) in [5.74, 6) is 0.941. The lowest BCUT2D eigenvalue weighted by molar-refractivity contribution is -0.141. The summed E-state index contributed by atoms with van der Waals surface area (Å²) in [5, 5.41) is 16.3. The number of anilines is 2. The van der Waals surface area contributed by atoms with Crippen LogP contribution in [-0.4, -0.2) is 73.7 Å². The largest absolute Gasteiger partial charge is 0.469 e. The molecule has 0 aliphatic heterocycles. The van der Waals surface area contributed by atoms with Crippen LogP contribution in [0, 0.1) is 11.8 Å². The molecule has 16 heteroatoms. The maximum Gasteiger partial charge on any atom is 0.412 e. The van der Waals surface area contributed by atoms with Crippen molar-refractivity contribution in [1.29, 1.82) is 0 Å². The molecule has 306 valence electrons. The zero-order valence-electron chi connectivity index (χ0n) is 32.2. The Bertz CT molecular complexity index is 1580. The summed E-state index contributed by atoms with van der Waals surface area (Å²) in [6.45, 7) is 4.71. The molecule has 0 aliphatic rings. The number of halogens is 1. The second-order valence-corrected chi connectivity index (χ2v) is 11.8. The lowest BCUT2D eigenvalue weighted by atomic mass is 10.0. The van der Waals surface area contributed by atoms with Gasteiger partial charge in [0.2, 0.25) is 0 Å². The van der Waals surface area contributed by atoms with Crippen LogP contribution in [0.2, 0.25) is 0 Å². The number of aromatic nitrogens is 2. The number of ether oxygens (including phenoxy) is 4. The van der Waals surface area contributed by atoms with E-state index in [0.29, 0.717) is 37.7 Å². The quantitative estimate of drug-likeness (QED) is 0.0729. The zero-order valence-corrected chi connectivity index (χ0v) is 35.0. The third-order valence-corrected chi connectivity index (χ3v) is 8.22. The fraction of sp³-hybridized carbons (Fsp3) is 0.436. The number of pyridine rings is 2. The molecule has 0 aliphatic carbocycles. The number of rotatable bonds is 16. The van der Waals surface area contributed by atoms with Gasteiger partial charge in [-0.3, -0.25) is 20.2 Å². The minimum absolute atomic E-state index is 0. The Balaban J connectivity index is 0. The number of aliphatic hydroxyl groups excluding tert-OH is 1. The Morgan fingerprint density at radius 2 is 0.982 bits per heavy atom. The average Bonchev–Trinajstić information content (AvgIpc) is 3.18. The summed E-state index contributed by atoms with van der Waals surface area (Å²) < 4.78 is 19.8. The van der Waals surface area contributed by atoms with Gasteiger partial charge < -0.3 is 24.1 Å². The van der Waals surface area contributed by atoms with E-state index in [9.17, 15) is 19.2 Å². The molecule has 2 heterocycles. The average molecular weight is 825 g/mol. The first-order chi connectivity index (χ1) is 25.2. The highest BCUT2D eigenvalue weighted by molar-refractivity contribution is 7.59. The molecule has 0 unspecified atom stereocenters. The Hall–Kier alpha value is -4.31. The van der Waals surface area contributed by atoms with Gasteiger partial charge in [-0.25, -0.2) is 19.6 Å². The van der Waals surface area contributed by atoms with Crippen LogP contribution in [0.25, 0.3) is 21.5 Å². The minimum atomic E-state index is -0.519. The van der Waals surface area contributed by atoms with Gasteiger partial charge in [-0.1, -0.05) is 75.2 Å². The van der Waals surface area contributed by atoms with E-state index in [0.717, 1.165) is 67.2 Å². The molecule has 0 saturated heterocycles. The van der Waals surface area contributed by atoms with E-state index >= 15 is 0 Å². The molecule has 0 saturated carbocycles. The van der Waals surface area contributed by atoms with Crippen LogP contribution in [0.4, 0.5) is 21.2 Å². The number of benzene rings is 2. The normalized spacial score (nSPS) is 10.8. The lowest BCUT2D eigenvalue weighted by Gasteiger charge is -2.15. The minimum Gasteiger partial charge on any atom is -0.469 e. The molecule has 2 amide bonds. The summed E-state index contributed by atoms with van der Waals surface area (Å²) in [6, 6.07) is 19.2. The van der Waals surface area contributed by atoms with Gasteiger partial charge in [-0.15, -0.1) is 12.4 Å². The number of amides is 2. The Labute approximate surface area is 343 Å². The molecule has 0 radical (unpaired) electrons. The lowest BCUT2D eigenvalue weighted by Crippen LogP contribution is -2.19. The maximum absolute atomic E-state index is 11.9. The first-order valence-electron chi connectivity index (χ1n) is 17.4. The van der Waals surface area contributed by atoms with Crippen LogP contribution < -0.4 is 10.6 Å². The highest BCUT2D eigenvalue weighted by Gasteiger charge is 2.14. The first-order valence-corrected chi connectivity index (χ1v) is 17.4. The maximum atomic E-state index is 11.9. The first kappa shape index (κ1) is 52.8. The van der Waals surface area contributed by atoms with Gasteiger partial charge in [0.1, 0.15) is 11.6 Å². The molecule has 0 spiro atoms. The van der Waals surface area contributed by atoms with E-state index in [1.165, 1.54) is 14.2 Å². The van der Waals surface area contributed by atoms with Gasteiger partial charge in [-0.2, -0.15) is 27.0 Å². The molecular weight excluding hydrogens is 768 g/mol. The van der Waals surface area contributed by atoms with Gasteiger partial charge >= 0.3 is 24.1 Å². The molecule has 0 fully saturated rings. The molecule has 13 nitrogen and oxygen atoms in total. The fourth-order valence-electron chi connectivity index (χ4n) is 5.06. The van der Waals surface area contributed by atoms with Crippen molar-refractivity contribution in [2.75, 3.05) is 45.2 Å². The van der Waals surface area contributed by atoms with Crippen molar-refractivity contribution in [2.24, 2.45) is 11.8 Å². The summed E-state index contributed by atoms with van der Waals surface area (Å²) >= 11 is 0. The van der Waals surface area contributed by atoms with Gasteiger partial charge in [-0.05, 0) is 60.4 Å². The van der Waals surface area contributed by atoms with Crippen molar-refractivity contribution in [2.45, 2.75) is 65.2 Å². The number of carbonyl (C=O) groups excluding carboxylic acids is 4. The van der Waals surface area contributed by atoms with Crippen molar-refractivity contribution in [1.82, 2.24) is 9.97 Å². The van der Waals surface area contributed by atoms with E-state index in [4.69, 9.17) is 14.6 Å². The number of nitrogens with zero attached hydrogens (tertiary/aromatic N) is 2.